The number of hydrogen-bond acceptors (Lipinski definition) is 6. The molecule has 0 saturated carbocycles. The molecule has 0 spiro atoms. The summed E-state index contributed by atoms with van der Waals surface area (Å²) in [6, 6.07) is 1.44. The normalized spacial score (nSPS) is 9.70. The summed E-state index contributed by atoms with van der Waals surface area (Å²) in [5, 5.41) is 8.56. The minimum Gasteiger partial charge on any atom is -0.468 e. The number of methoxy groups -OCH3 is 2. The molecular weight excluding hydrogens is 280 g/mol. The number of anilines is 1. The second-order valence-corrected chi connectivity index (χ2v) is 3.44. The van der Waals surface area contributed by atoms with Gasteiger partial charge in [0.25, 0.3) is 0 Å². The number of hydrogen-bond donors (Lipinski definition) is 2. The first-order valence-electron chi connectivity index (χ1n) is 5.01. The first-order valence-corrected chi connectivity index (χ1v) is 5.01. The average Bonchev–Trinajstić information content (AvgIpc) is 2.40. The fraction of sp³-hybridized carbons (Fsp3) is 0.273. The van der Waals surface area contributed by atoms with Gasteiger partial charge in [0.05, 0.1) is 19.9 Å². The van der Waals surface area contributed by atoms with Crippen molar-refractivity contribution in [3.05, 3.63) is 29.3 Å². The Morgan fingerprint density at radius 3 is 1.85 bits per heavy atom. The lowest BCUT2D eigenvalue weighted by molar-refractivity contribution is -0.154. The van der Waals surface area contributed by atoms with Gasteiger partial charge in [-0.25, -0.2) is 8.78 Å². The molecule has 0 aliphatic heterocycles. The Morgan fingerprint density at radius 1 is 1.15 bits per heavy atom. The Kier molecular flexibility index (Phi) is 6.53. The van der Waals surface area contributed by atoms with E-state index < -0.39 is 35.1 Å². The Bertz CT molecular complexity index is 469. The van der Waals surface area contributed by atoms with Crippen LogP contribution in [0.2, 0.25) is 0 Å². The van der Waals surface area contributed by atoms with Crippen molar-refractivity contribution in [2.75, 3.05) is 19.7 Å². The first kappa shape index (κ1) is 17.7. The van der Waals surface area contributed by atoms with Gasteiger partial charge >= 0.3 is 11.9 Å². The molecule has 0 atom stereocenters. The fourth-order valence-corrected chi connectivity index (χ4v) is 1.49. The van der Waals surface area contributed by atoms with Gasteiger partial charge in [-0.3, -0.25) is 20.3 Å². The van der Waals surface area contributed by atoms with E-state index in [1.54, 1.807) is 5.48 Å². The molecule has 0 radical (unpaired) electrons. The van der Waals surface area contributed by atoms with E-state index >= 15 is 0 Å². The Hall–Kier alpha value is -2.26. The maximum absolute atomic E-state index is 13.7. The van der Waals surface area contributed by atoms with Crippen LogP contribution in [0.25, 0.3) is 0 Å². The standard InChI is InChI=1S/C11H11F2NO5.H2O/c1-18-10(15)9(11(16)19-2)8-6(12)3-5(14-17)4-7(8)13;/h3-4,9,14,17H,1-2H3;1H2. The summed E-state index contributed by atoms with van der Waals surface area (Å²) in [6.07, 6.45) is 0. The number of carbonyl (C=O) groups excluding carboxylic acids is 2. The predicted molar refractivity (Wildman–Crippen MR) is 62.2 cm³/mol. The number of rotatable bonds is 4. The van der Waals surface area contributed by atoms with Crippen molar-refractivity contribution in [3.63, 3.8) is 0 Å². The highest BCUT2D eigenvalue weighted by molar-refractivity contribution is 6.00. The van der Waals surface area contributed by atoms with E-state index in [1.807, 2.05) is 0 Å². The molecule has 112 valence electrons. The highest BCUT2D eigenvalue weighted by Crippen LogP contribution is 2.27. The van der Waals surface area contributed by atoms with Crippen molar-refractivity contribution >= 4 is 17.6 Å². The first-order chi connectivity index (χ1) is 8.96. The Balaban J connectivity index is 0.00000361. The summed E-state index contributed by atoms with van der Waals surface area (Å²) in [4.78, 5) is 22.9. The van der Waals surface area contributed by atoms with Crippen LogP contribution in [0.5, 0.6) is 0 Å². The highest BCUT2D eigenvalue weighted by Gasteiger charge is 2.35. The smallest absolute Gasteiger partial charge is 0.324 e. The fourth-order valence-electron chi connectivity index (χ4n) is 1.49. The predicted octanol–water partition coefficient (Wildman–Crippen LogP) is 0.371. The van der Waals surface area contributed by atoms with Crippen LogP contribution in [0.3, 0.4) is 0 Å². The zero-order chi connectivity index (χ0) is 14.6. The molecule has 0 saturated heterocycles. The van der Waals surface area contributed by atoms with E-state index in [0.717, 1.165) is 26.4 Å². The van der Waals surface area contributed by atoms with Gasteiger partial charge in [-0.15, -0.1) is 0 Å². The molecule has 0 aliphatic carbocycles. The van der Waals surface area contributed by atoms with Crippen LogP contribution in [0, 0.1) is 11.6 Å². The summed E-state index contributed by atoms with van der Waals surface area (Å²) >= 11 is 0. The van der Waals surface area contributed by atoms with Crippen molar-refractivity contribution in [2.24, 2.45) is 0 Å². The largest absolute Gasteiger partial charge is 0.468 e. The van der Waals surface area contributed by atoms with Crippen LogP contribution in [-0.4, -0.2) is 36.8 Å². The van der Waals surface area contributed by atoms with Crippen molar-refractivity contribution in [1.82, 2.24) is 0 Å². The second-order valence-electron chi connectivity index (χ2n) is 3.44. The summed E-state index contributed by atoms with van der Waals surface area (Å²) < 4.78 is 36.1. The Labute approximate surface area is 112 Å². The van der Waals surface area contributed by atoms with E-state index in [4.69, 9.17) is 5.21 Å². The zero-order valence-electron chi connectivity index (χ0n) is 10.6. The van der Waals surface area contributed by atoms with Gasteiger partial charge < -0.3 is 14.9 Å². The number of esters is 2. The molecule has 1 rings (SSSR count). The van der Waals surface area contributed by atoms with Crippen LogP contribution >= 0.6 is 0 Å². The molecule has 20 heavy (non-hydrogen) atoms. The number of benzene rings is 1. The van der Waals surface area contributed by atoms with Crippen LogP contribution < -0.4 is 5.48 Å². The van der Waals surface area contributed by atoms with Crippen molar-refractivity contribution in [3.8, 4) is 0 Å². The molecule has 0 aliphatic rings. The number of ether oxygens (including phenoxy) is 2. The van der Waals surface area contributed by atoms with Crippen molar-refractivity contribution in [1.29, 1.82) is 0 Å². The monoisotopic (exact) mass is 293 g/mol. The van der Waals surface area contributed by atoms with Crippen molar-refractivity contribution in [2.45, 2.75) is 5.92 Å². The van der Waals surface area contributed by atoms with Gasteiger partial charge in [0.1, 0.15) is 11.6 Å². The molecule has 7 nitrogen and oxygen atoms in total. The number of carbonyl (C=O) groups is 2. The third-order valence-corrected chi connectivity index (χ3v) is 2.37. The minimum absolute atomic E-state index is 0. The lowest BCUT2D eigenvalue weighted by atomic mass is 9.97. The maximum atomic E-state index is 13.7. The summed E-state index contributed by atoms with van der Waals surface area (Å²) in [5.74, 6) is -6.58. The van der Waals surface area contributed by atoms with E-state index in [9.17, 15) is 18.4 Å². The van der Waals surface area contributed by atoms with Crippen molar-refractivity contribution < 1.29 is 38.5 Å². The lowest BCUT2D eigenvalue weighted by Gasteiger charge is -2.15. The summed E-state index contributed by atoms with van der Waals surface area (Å²) in [7, 11) is 1.94. The third-order valence-electron chi connectivity index (χ3n) is 2.37. The molecule has 0 unspecified atom stereocenters. The third kappa shape index (κ3) is 3.39. The van der Waals surface area contributed by atoms with Crippen LogP contribution in [0.4, 0.5) is 14.5 Å². The van der Waals surface area contributed by atoms with E-state index in [0.29, 0.717) is 0 Å². The van der Waals surface area contributed by atoms with Gasteiger partial charge in [0.2, 0.25) is 0 Å². The molecule has 0 heterocycles. The van der Waals surface area contributed by atoms with Gasteiger partial charge in [0, 0.05) is 5.56 Å². The molecule has 0 amide bonds. The summed E-state index contributed by atoms with van der Waals surface area (Å²) in [5.41, 5.74) is 0.470. The molecule has 0 fully saturated rings. The van der Waals surface area contributed by atoms with E-state index in [-0.39, 0.29) is 11.2 Å². The van der Waals surface area contributed by atoms with Gasteiger partial charge in [-0.1, -0.05) is 0 Å². The number of halogens is 2. The molecule has 9 heteroatoms. The topological polar surface area (TPSA) is 116 Å². The van der Waals surface area contributed by atoms with Crippen LogP contribution in [0.15, 0.2) is 12.1 Å². The van der Waals surface area contributed by atoms with Gasteiger partial charge in [-0.05, 0) is 12.1 Å². The highest BCUT2D eigenvalue weighted by atomic mass is 19.1. The molecular formula is C11H13F2NO6. The second kappa shape index (κ2) is 7.36. The molecule has 1 aromatic rings. The quantitative estimate of drug-likeness (QED) is 0.470. The van der Waals surface area contributed by atoms with E-state index in [1.165, 1.54) is 0 Å². The van der Waals surface area contributed by atoms with E-state index in [2.05, 4.69) is 9.47 Å². The lowest BCUT2D eigenvalue weighted by Crippen LogP contribution is -2.26. The molecule has 0 bridgehead atoms. The average molecular weight is 293 g/mol. The summed E-state index contributed by atoms with van der Waals surface area (Å²) in [6.45, 7) is 0. The van der Waals surface area contributed by atoms with Crippen LogP contribution in [0.1, 0.15) is 11.5 Å². The SMILES string of the molecule is COC(=O)C(C(=O)OC)c1c(F)cc(NO)cc1F.O. The van der Waals surface area contributed by atoms with Gasteiger partial charge in [0.15, 0.2) is 5.92 Å². The minimum atomic E-state index is -1.87. The molecule has 4 N–H and O–H groups in total. The maximum Gasteiger partial charge on any atom is 0.324 e. The van der Waals surface area contributed by atoms with Gasteiger partial charge in [-0.2, -0.15) is 0 Å². The zero-order valence-corrected chi connectivity index (χ0v) is 10.6. The number of nitrogens with one attached hydrogen (secondary N) is 1. The molecule has 0 aromatic heterocycles. The Morgan fingerprint density at radius 2 is 1.55 bits per heavy atom. The van der Waals surface area contributed by atoms with Crippen LogP contribution in [-0.2, 0) is 19.1 Å². The molecule has 1 aromatic carbocycles.